The van der Waals surface area contributed by atoms with Crippen molar-refractivity contribution in [3.8, 4) is 11.6 Å². The van der Waals surface area contributed by atoms with Gasteiger partial charge in [-0.25, -0.2) is 4.98 Å². The molecule has 0 fully saturated rings. The summed E-state index contributed by atoms with van der Waals surface area (Å²) in [5, 5.41) is 1.16. The highest BCUT2D eigenvalue weighted by Crippen LogP contribution is 2.31. The van der Waals surface area contributed by atoms with Crippen LogP contribution in [0.15, 0.2) is 53.7 Å². The summed E-state index contributed by atoms with van der Waals surface area (Å²) in [6, 6.07) is 12.2. The number of thioether (sulfide) groups is 1. The van der Waals surface area contributed by atoms with Crippen molar-refractivity contribution in [1.82, 2.24) is 9.97 Å². The molecule has 8 heteroatoms. The summed E-state index contributed by atoms with van der Waals surface area (Å²) in [7, 11) is 0. The van der Waals surface area contributed by atoms with E-state index in [0.717, 1.165) is 29.0 Å². The standard InChI is InChI=1S/C22H20ClF3N2OS/c1-13(2)19-11-20(29-17-8-9-18(23)14(3)10-17)28-21(27-19)30-12-15-4-6-16(7-5-15)22(24,25)26/h4-11,13H,12H2,1-3H3. The Hall–Kier alpha value is -2.25. The Bertz CT molecular complexity index is 1020. The minimum Gasteiger partial charge on any atom is -0.439 e. The third-order valence-electron chi connectivity index (χ3n) is 4.29. The summed E-state index contributed by atoms with van der Waals surface area (Å²) in [5.74, 6) is 1.63. The second kappa shape index (κ2) is 9.27. The van der Waals surface area contributed by atoms with Gasteiger partial charge in [0.2, 0.25) is 5.88 Å². The van der Waals surface area contributed by atoms with E-state index in [9.17, 15) is 13.2 Å². The molecule has 2 aromatic carbocycles. The Balaban J connectivity index is 1.77. The maximum atomic E-state index is 12.7. The zero-order valence-corrected chi connectivity index (χ0v) is 18.2. The fourth-order valence-corrected chi connectivity index (χ4v) is 3.50. The molecule has 0 atom stereocenters. The van der Waals surface area contributed by atoms with Gasteiger partial charge >= 0.3 is 6.18 Å². The fraction of sp³-hybridized carbons (Fsp3) is 0.273. The molecule has 0 amide bonds. The molecule has 0 aliphatic heterocycles. The first-order valence-corrected chi connectivity index (χ1v) is 10.6. The van der Waals surface area contributed by atoms with E-state index < -0.39 is 11.7 Å². The van der Waals surface area contributed by atoms with Crippen LogP contribution in [0.2, 0.25) is 5.02 Å². The first-order chi connectivity index (χ1) is 14.1. The van der Waals surface area contributed by atoms with Crippen molar-refractivity contribution >= 4 is 23.4 Å². The summed E-state index contributed by atoms with van der Waals surface area (Å²) >= 11 is 7.41. The van der Waals surface area contributed by atoms with E-state index in [2.05, 4.69) is 9.97 Å². The van der Waals surface area contributed by atoms with E-state index in [1.165, 1.54) is 23.9 Å². The number of aromatic nitrogens is 2. The summed E-state index contributed by atoms with van der Waals surface area (Å²) in [5.41, 5.74) is 1.80. The van der Waals surface area contributed by atoms with E-state index in [-0.39, 0.29) is 5.92 Å². The van der Waals surface area contributed by atoms with E-state index in [1.807, 2.05) is 26.8 Å². The molecule has 0 N–H and O–H groups in total. The number of halogens is 4. The first kappa shape index (κ1) is 22.4. The number of hydrogen-bond acceptors (Lipinski definition) is 4. The highest BCUT2D eigenvalue weighted by atomic mass is 35.5. The monoisotopic (exact) mass is 452 g/mol. The minimum atomic E-state index is -4.34. The Morgan fingerprint density at radius 1 is 1.03 bits per heavy atom. The zero-order chi connectivity index (χ0) is 21.9. The third kappa shape index (κ3) is 5.89. The molecule has 30 heavy (non-hydrogen) atoms. The maximum Gasteiger partial charge on any atom is 0.416 e. The van der Waals surface area contributed by atoms with Crippen LogP contribution in [0.4, 0.5) is 13.2 Å². The van der Waals surface area contributed by atoms with Crippen molar-refractivity contribution in [3.05, 3.63) is 75.9 Å². The summed E-state index contributed by atoms with van der Waals surface area (Å²) in [6.45, 7) is 5.92. The van der Waals surface area contributed by atoms with Crippen molar-refractivity contribution in [3.63, 3.8) is 0 Å². The molecule has 0 unspecified atom stereocenters. The molecule has 0 aliphatic rings. The van der Waals surface area contributed by atoms with Crippen LogP contribution in [0.1, 0.15) is 42.1 Å². The second-order valence-electron chi connectivity index (χ2n) is 7.06. The molecule has 0 radical (unpaired) electrons. The van der Waals surface area contributed by atoms with Gasteiger partial charge in [0.05, 0.1) is 11.3 Å². The van der Waals surface area contributed by atoms with Gasteiger partial charge in [0, 0.05) is 16.8 Å². The average molecular weight is 453 g/mol. The largest absolute Gasteiger partial charge is 0.439 e. The fourth-order valence-electron chi connectivity index (χ4n) is 2.57. The second-order valence-corrected chi connectivity index (χ2v) is 8.41. The molecule has 1 heterocycles. The highest BCUT2D eigenvalue weighted by Gasteiger charge is 2.29. The van der Waals surface area contributed by atoms with Crippen LogP contribution in [0.5, 0.6) is 11.6 Å². The molecule has 0 saturated carbocycles. The molecule has 3 aromatic rings. The van der Waals surface area contributed by atoms with Gasteiger partial charge in [-0.05, 0) is 54.3 Å². The van der Waals surface area contributed by atoms with Crippen molar-refractivity contribution in [2.45, 2.75) is 43.8 Å². The van der Waals surface area contributed by atoms with Crippen molar-refractivity contribution in [1.29, 1.82) is 0 Å². The number of alkyl halides is 3. The predicted molar refractivity (Wildman–Crippen MR) is 113 cm³/mol. The summed E-state index contributed by atoms with van der Waals surface area (Å²) in [6.07, 6.45) is -4.34. The first-order valence-electron chi connectivity index (χ1n) is 9.24. The van der Waals surface area contributed by atoms with E-state index in [4.69, 9.17) is 16.3 Å². The lowest BCUT2D eigenvalue weighted by Gasteiger charge is -2.12. The van der Waals surface area contributed by atoms with Crippen LogP contribution in [-0.4, -0.2) is 9.97 Å². The third-order valence-corrected chi connectivity index (χ3v) is 5.64. The van der Waals surface area contributed by atoms with E-state index >= 15 is 0 Å². The topological polar surface area (TPSA) is 35.0 Å². The van der Waals surface area contributed by atoms with Crippen LogP contribution in [0, 0.1) is 6.92 Å². The van der Waals surface area contributed by atoms with Gasteiger partial charge in [0.25, 0.3) is 0 Å². The number of benzene rings is 2. The minimum absolute atomic E-state index is 0.160. The lowest BCUT2D eigenvalue weighted by Crippen LogP contribution is -2.04. The van der Waals surface area contributed by atoms with Gasteiger partial charge < -0.3 is 4.74 Å². The van der Waals surface area contributed by atoms with Crippen molar-refractivity contribution < 1.29 is 17.9 Å². The molecular formula is C22H20ClF3N2OS. The number of aryl methyl sites for hydroxylation is 1. The normalized spacial score (nSPS) is 11.7. The van der Waals surface area contributed by atoms with Crippen molar-refractivity contribution in [2.75, 3.05) is 0 Å². The zero-order valence-electron chi connectivity index (χ0n) is 16.6. The average Bonchev–Trinajstić information content (AvgIpc) is 2.69. The summed E-state index contributed by atoms with van der Waals surface area (Å²) in [4.78, 5) is 9.00. The molecule has 0 bridgehead atoms. The quantitative estimate of drug-likeness (QED) is 0.284. The molecule has 158 valence electrons. The van der Waals surface area contributed by atoms with Gasteiger partial charge in [-0.15, -0.1) is 0 Å². The molecule has 1 aromatic heterocycles. The Morgan fingerprint density at radius 2 is 1.73 bits per heavy atom. The SMILES string of the molecule is Cc1cc(Oc2cc(C(C)C)nc(SCc3ccc(C(F)(F)F)cc3)n2)ccc1Cl. The van der Waals surface area contributed by atoms with Gasteiger partial charge in [-0.3, -0.25) is 0 Å². The Kier molecular flexibility index (Phi) is 6.93. The molecule has 3 rings (SSSR count). The van der Waals surface area contributed by atoms with Gasteiger partial charge in [-0.1, -0.05) is 49.3 Å². The highest BCUT2D eigenvalue weighted by molar-refractivity contribution is 7.98. The van der Waals surface area contributed by atoms with Crippen LogP contribution in [-0.2, 0) is 11.9 Å². The van der Waals surface area contributed by atoms with Crippen molar-refractivity contribution in [2.24, 2.45) is 0 Å². The van der Waals surface area contributed by atoms with Gasteiger partial charge in [-0.2, -0.15) is 18.2 Å². The van der Waals surface area contributed by atoms with Crippen LogP contribution < -0.4 is 4.74 Å². The number of nitrogens with zero attached hydrogens (tertiary/aromatic N) is 2. The molecule has 3 nitrogen and oxygen atoms in total. The maximum absolute atomic E-state index is 12.7. The molecule has 0 saturated heterocycles. The van der Waals surface area contributed by atoms with Crippen LogP contribution in [0.3, 0.4) is 0 Å². The van der Waals surface area contributed by atoms with Crippen LogP contribution in [0.25, 0.3) is 0 Å². The van der Waals surface area contributed by atoms with Gasteiger partial charge in [0.1, 0.15) is 5.75 Å². The number of hydrogen-bond donors (Lipinski definition) is 0. The summed E-state index contributed by atoms with van der Waals surface area (Å²) < 4.78 is 44.0. The molecule has 0 aliphatic carbocycles. The number of ether oxygens (including phenoxy) is 1. The lowest BCUT2D eigenvalue weighted by molar-refractivity contribution is -0.137. The van der Waals surface area contributed by atoms with E-state index in [0.29, 0.717) is 27.6 Å². The van der Waals surface area contributed by atoms with E-state index in [1.54, 1.807) is 18.2 Å². The van der Waals surface area contributed by atoms with Gasteiger partial charge in [0.15, 0.2) is 5.16 Å². The molecule has 0 spiro atoms. The smallest absolute Gasteiger partial charge is 0.416 e. The Labute approximate surface area is 182 Å². The molecular weight excluding hydrogens is 433 g/mol. The number of rotatable bonds is 6. The predicted octanol–water partition coefficient (Wildman–Crippen LogP) is 7.67. The lowest BCUT2D eigenvalue weighted by atomic mass is 10.1. The Morgan fingerprint density at radius 3 is 2.33 bits per heavy atom. The van der Waals surface area contributed by atoms with Crippen LogP contribution >= 0.6 is 23.4 Å².